The third-order valence-electron chi connectivity index (χ3n) is 4.07. The van der Waals surface area contributed by atoms with Gasteiger partial charge in [0.15, 0.2) is 0 Å². The lowest BCUT2D eigenvalue weighted by Gasteiger charge is -2.31. The van der Waals surface area contributed by atoms with Crippen molar-refractivity contribution in [3.8, 4) is 11.9 Å². The Kier molecular flexibility index (Phi) is 5.11. The molecule has 1 saturated heterocycles. The first-order valence-corrected chi connectivity index (χ1v) is 8.05. The summed E-state index contributed by atoms with van der Waals surface area (Å²) < 4.78 is 5.75. The largest absolute Gasteiger partial charge is 0.472 e. The zero-order valence-corrected chi connectivity index (χ0v) is 13.7. The number of rotatable bonds is 5. The Hall–Kier alpha value is -3.11. The monoisotopic (exact) mass is 337 g/mol. The lowest BCUT2D eigenvalue weighted by atomic mass is 10.1. The van der Waals surface area contributed by atoms with E-state index < -0.39 is 5.91 Å². The number of anilines is 1. The Morgan fingerprint density at radius 3 is 2.88 bits per heavy atom. The molecule has 2 aromatic rings. The van der Waals surface area contributed by atoms with Crippen LogP contribution in [0.15, 0.2) is 36.5 Å². The maximum absolute atomic E-state index is 11.5. The van der Waals surface area contributed by atoms with Gasteiger partial charge in [-0.15, -0.1) is 0 Å². The summed E-state index contributed by atoms with van der Waals surface area (Å²) >= 11 is 0. The number of amides is 1. The highest BCUT2D eigenvalue weighted by atomic mass is 16.5. The van der Waals surface area contributed by atoms with Crippen LogP contribution in [0.5, 0.6) is 5.88 Å². The van der Waals surface area contributed by atoms with Crippen molar-refractivity contribution in [1.29, 1.82) is 5.26 Å². The Balaban J connectivity index is 1.86. The number of hydrogen-bond acceptors (Lipinski definition) is 6. The minimum Gasteiger partial charge on any atom is -0.472 e. The number of carbonyl (C=O) groups excluding carboxylic acids is 1. The van der Waals surface area contributed by atoms with E-state index in [1.54, 1.807) is 24.4 Å². The quantitative estimate of drug-likeness (QED) is 0.845. The molecule has 2 heterocycles. The molecular weight excluding hydrogens is 318 g/mol. The first-order chi connectivity index (χ1) is 12.2. The first-order valence-electron chi connectivity index (χ1n) is 8.05. The molecule has 0 aliphatic carbocycles. The number of ether oxygens (including phenoxy) is 1. The molecule has 1 aromatic carbocycles. The van der Waals surface area contributed by atoms with Gasteiger partial charge < -0.3 is 20.7 Å². The summed E-state index contributed by atoms with van der Waals surface area (Å²) in [4.78, 5) is 17.8. The van der Waals surface area contributed by atoms with E-state index in [0.29, 0.717) is 5.56 Å². The average molecular weight is 337 g/mol. The van der Waals surface area contributed by atoms with E-state index in [0.717, 1.165) is 37.4 Å². The van der Waals surface area contributed by atoms with Crippen LogP contribution < -0.4 is 20.7 Å². The molecular formula is C18H19N5O2. The van der Waals surface area contributed by atoms with Crippen LogP contribution in [0, 0.1) is 11.3 Å². The molecule has 0 radical (unpaired) electrons. The SMILES string of the molecule is N#Cc1ccc(N2CCNCC2)c(COc2ncccc2C(N)=O)c1. The maximum atomic E-state index is 11.5. The second kappa shape index (κ2) is 7.64. The molecule has 3 N–H and O–H groups in total. The second-order valence-electron chi connectivity index (χ2n) is 5.70. The minimum absolute atomic E-state index is 0.198. The smallest absolute Gasteiger partial charge is 0.254 e. The molecule has 0 saturated carbocycles. The van der Waals surface area contributed by atoms with Gasteiger partial charge in [-0.1, -0.05) is 0 Å². The van der Waals surface area contributed by atoms with Gasteiger partial charge in [0.1, 0.15) is 12.2 Å². The Labute approximate surface area is 146 Å². The number of piperazine rings is 1. The lowest BCUT2D eigenvalue weighted by molar-refractivity contribution is 0.0995. The molecule has 1 aliphatic rings. The van der Waals surface area contributed by atoms with Crippen LogP contribution in [0.4, 0.5) is 5.69 Å². The molecule has 1 fully saturated rings. The van der Waals surface area contributed by atoms with Crippen LogP contribution in [-0.2, 0) is 6.61 Å². The van der Waals surface area contributed by atoms with Crippen molar-refractivity contribution < 1.29 is 9.53 Å². The van der Waals surface area contributed by atoms with E-state index in [-0.39, 0.29) is 18.1 Å². The lowest BCUT2D eigenvalue weighted by Crippen LogP contribution is -2.44. The van der Waals surface area contributed by atoms with Gasteiger partial charge in [0.2, 0.25) is 5.88 Å². The Morgan fingerprint density at radius 1 is 1.36 bits per heavy atom. The van der Waals surface area contributed by atoms with Crippen molar-refractivity contribution in [2.75, 3.05) is 31.1 Å². The van der Waals surface area contributed by atoms with Crippen LogP contribution >= 0.6 is 0 Å². The maximum Gasteiger partial charge on any atom is 0.254 e. The summed E-state index contributed by atoms with van der Waals surface area (Å²) in [6, 6.07) is 10.9. The summed E-state index contributed by atoms with van der Waals surface area (Å²) in [7, 11) is 0. The highest BCUT2D eigenvalue weighted by molar-refractivity contribution is 5.94. The van der Waals surface area contributed by atoms with E-state index in [4.69, 9.17) is 10.5 Å². The van der Waals surface area contributed by atoms with Crippen molar-refractivity contribution in [2.45, 2.75) is 6.61 Å². The highest BCUT2D eigenvalue weighted by Crippen LogP contribution is 2.25. The van der Waals surface area contributed by atoms with E-state index in [9.17, 15) is 10.1 Å². The minimum atomic E-state index is -0.587. The third kappa shape index (κ3) is 3.87. The fourth-order valence-electron chi connectivity index (χ4n) is 2.82. The van der Waals surface area contributed by atoms with Gasteiger partial charge in [-0.2, -0.15) is 5.26 Å². The number of primary amides is 1. The van der Waals surface area contributed by atoms with Gasteiger partial charge in [-0.25, -0.2) is 4.98 Å². The summed E-state index contributed by atoms with van der Waals surface area (Å²) in [6.45, 7) is 3.79. The number of nitriles is 1. The topological polar surface area (TPSA) is 104 Å². The number of carbonyl (C=O) groups is 1. The van der Waals surface area contributed by atoms with Crippen molar-refractivity contribution >= 4 is 11.6 Å². The molecule has 1 aliphatic heterocycles. The molecule has 128 valence electrons. The summed E-state index contributed by atoms with van der Waals surface area (Å²) in [5.74, 6) is -0.389. The van der Waals surface area contributed by atoms with E-state index in [2.05, 4.69) is 21.3 Å². The van der Waals surface area contributed by atoms with Crippen molar-refractivity contribution in [2.24, 2.45) is 5.73 Å². The number of nitrogens with two attached hydrogens (primary N) is 1. The normalized spacial score (nSPS) is 14.0. The van der Waals surface area contributed by atoms with Crippen LogP contribution in [0.2, 0.25) is 0 Å². The van der Waals surface area contributed by atoms with Crippen LogP contribution in [0.25, 0.3) is 0 Å². The van der Waals surface area contributed by atoms with Crippen LogP contribution in [-0.4, -0.2) is 37.1 Å². The molecule has 1 amide bonds. The van der Waals surface area contributed by atoms with Gasteiger partial charge >= 0.3 is 0 Å². The summed E-state index contributed by atoms with van der Waals surface area (Å²) in [6.07, 6.45) is 1.55. The van der Waals surface area contributed by atoms with Crippen LogP contribution in [0.1, 0.15) is 21.5 Å². The van der Waals surface area contributed by atoms with E-state index >= 15 is 0 Å². The highest BCUT2D eigenvalue weighted by Gasteiger charge is 2.16. The molecule has 7 heteroatoms. The van der Waals surface area contributed by atoms with Gasteiger partial charge in [0.25, 0.3) is 5.91 Å². The van der Waals surface area contributed by atoms with E-state index in [1.807, 2.05) is 12.1 Å². The van der Waals surface area contributed by atoms with Gasteiger partial charge in [-0.3, -0.25) is 4.79 Å². The molecule has 0 bridgehead atoms. The van der Waals surface area contributed by atoms with Gasteiger partial charge in [0.05, 0.1) is 11.6 Å². The molecule has 0 spiro atoms. The number of pyridine rings is 1. The summed E-state index contributed by atoms with van der Waals surface area (Å²) in [5, 5.41) is 12.5. The van der Waals surface area contributed by atoms with Crippen molar-refractivity contribution in [3.05, 3.63) is 53.2 Å². The van der Waals surface area contributed by atoms with E-state index in [1.165, 1.54) is 0 Å². The first kappa shape index (κ1) is 16.7. The molecule has 25 heavy (non-hydrogen) atoms. The third-order valence-corrected chi connectivity index (χ3v) is 4.07. The van der Waals surface area contributed by atoms with Gasteiger partial charge in [0, 0.05) is 43.6 Å². The zero-order valence-electron chi connectivity index (χ0n) is 13.7. The number of aromatic nitrogens is 1. The van der Waals surface area contributed by atoms with Gasteiger partial charge in [-0.05, 0) is 30.3 Å². The second-order valence-corrected chi connectivity index (χ2v) is 5.70. The van der Waals surface area contributed by atoms with Crippen molar-refractivity contribution in [3.63, 3.8) is 0 Å². The number of benzene rings is 1. The fraction of sp³-hybridized carbons (Fsp3) is 0.278. The fourth-order valence-corrected chi connectivity index (χ4v) is 2.82. The summed E-state index contributed by atoms with van der Waals surface area (Å²) in [5.41, 5.74) is 8.06. The number of hydrogen-bond donors (Lipinski definition) is 2. The molecule has 7 nitrogen and oxygen atoms in total. The zero-order chi connectivity index (χ0) is 17.6. The molecule has 0 unspecified atom stereocenters. The standard InChI is InChI=1S/C18H19N5O2/c19-11-13-3-4-16(23-8-6-21-7-9-23)14(10-13)12-25-18-15(17(20)24)2-1-5-22-18/h1-5,10,21H,6-9,12H2,(H2,20,24). The number of nitrogens with one attached hydrogen (secondary N) is 1. The average Bonchev–Trinajstić information content (AvgIpc) is 2.67. The molecule has 0 atom stereocenters. The molecule has 3 rings (SSSR count). The Bertz CT molecular complexity index is 809. The predicted molar refractivity (Wildman–Crippen MR) is 93.3 cm³/mol. The number of nitrogens with zero attached hydrogens (tertiary/aromatic N) is 3. The Morgan fingerprint density at radius 2 is 2.16 bits per heavy atom. The molecule has 1 aromatic heterocycles. The van der Waals surface area contributed by atoms with Crippen molar-refractivity contribution in [1.82, 2.24) is 10.3 Å². The van der Waals surface area contributed by atoms with Crippen LogP contribution in [0.3, 0.4) is 0 Å². The predicted octanol–water partition coefficient (Wildman–Crippen LogP) is 1.04.